The zero-order valence-corrected chi connectivity index (χ0v) is 16.0. The van der Waals surface area contributed by atoms with Crippen molar-refractivity contribution in [2.45, 2.75) is 36.7 Å². The van der Waals surface area contributed by atoms with E-state index in [4.69, 9.17) is 5.73 Å². The molecule has 27 heavy (non-hydrogen) atoms. The van der Waals surface area contributed by atoms with Crippen LogP contribution in [0.15, 0.2) is 59.5 Å². The van der Waals surface area contributed by atoms with Gasteiger partial charge in [-0.2, -0.15) is 4.31 Å². The highest BCUT2D eigenvalue weighted by Crippen LogP contribution is 2.21. The number of nitrogens with one attached hydrogen (secondary N) is 1. The summed E-state index contributed by atoms with van der Waals surface area (Å²) in [5.41, 5.74) is 7.83. The number of sulfonamides is 1. The van der Waals surface area contributed by atoms with Gasteiger partial charge in [-0.15, -0.1) is 0 Å². The molecule has 144 valence electrons. The van der Waals surface area contributed by atoms with E-state index in [1.54, 1.807) is 24.3 Å². The summed E-state index contributed by atoms with van der Waals surface area (Å²) in [6.07, 6.45) is 2.02. The van der Waals surface area contributed by atoms with Gasteiger partial charge >= 0.3 is 0 Å². The lowest BCUT2D eigenvalue weighted by Crippen LogP contribution is -2.28. The number of nitrogens with two attached hydrogens (primary N) is 1. The summed E-state index contributed by atoms with van der Waals surface area (Å²) in [6.45, 7) is 1.51. The maximum absolute atomic E-state index is 12.5. The lowest BCUT2D eigenvalue weighted by Gasteiger charge is -2.16. The van der Waals surface area contributed by atoms with Gasteiger partial charge in [-0.3, -0.25) is 4.79 Å². The molecule has 1 atom stereocenters. The molecule has 1 aliphatic heterocycles. The molecule has 0 aromatic heterocycles. The maximum Gasteiger partial charge on any atom is 0.243 e. The average Bonchev–Trinajstić information content (AvgIpc) is 3.23. The maximum atomic E-state index is 12.5. The monoisotopic (exact) mass is 387 g/mol. The molecule has 1 aliphatic rings. The van der Waals surface area contributed by atoms with Crippen LogP contribution in [0.2, 0.25) is 0 Å². The third-order valence-corrected chi connectivity index (χ3v) is 6.66. The molecule has 1 heterocycles. The van der Waals surface area contributed by atoms with Crippen molar-refractivity contribution >= 4 is 15.9 Å². The number of rotatable bonds is 7. The molecule has 1 saturated heterocycles. The van der Waals surface area contributed by atoms with Gasteiger partial charge in [0, 0.05) is 32.1 Å². The zero-order chi connectivity index (χ0) is 19.3. The van der Waals surface area contributed by atoms with Gasteiger partial charge in [0.2, 0.25) is 15.9 Å². The van der Waals surface area contributed by atoms with Crippen LogP contribution in [0.25, 0.3) is 0 Å². The predicted molar refractivity (Wildman–Crippen MR) is 104 cm³/mol. The summed E-state index contributed by atoms with van der Waals surface area (Å²) in [6, 6.07) is 15.8. The van der Waals surface area contributed by atoms with Gasteiger partial charge in [-0.25, -0.2) is 8.42 Å². The first-order valence-corrected chi connectivity index (χ1v) is 10.6. The SMILES string of the molecule is NC(CC(=O)NCc1ccc(S(=O)(=O)N2CCCC2)cc1)c1ccccc1. The molecule has 0 bridgehead atoms. The van der Waals surface area contributed by atoms with Crippen molar-refractivity contribution in [3.8, 4) is 0 Å². The Morgan fingerprint density at radius 2 is 1.67 bits per heavy atom. The minimum Gasteiger partial charge on any atom is -0.352 e. The zero-order valence-electron chi connectivity index (χ0n) is 15.2. The second-order valence-corrected chi connectivity index (χ2v) is 8.69. The fraction of sp³-hybridized carbons (Fsp3) is 0.350. The van der Waals surface area contributed by atoms with Gasteiger partial charge in [0.15, 0.2) is 0 Å². The van der Waals surface area contributed by atoms with Crippen molar-refractivity contribution in [3.63, 3.8) is 0 Å². The Labute approximate surface area is 160 Å². The number of hydrogen-bond donors (Lipinski definition) is 2. The van der Waals surface area contributed by atoms with Crippen LogP contribution in [0, 0.1) is 0 Å². The Balaban J connectivity index is 1.53. The fourth-order valence-corrected chi connectivity index (χ4v) is 4.66. The summed E-state index contributed by atoms with van der Waals surface area (Å²) >= 11 is 0. The Hall–Kier alpha value is -2.22. The topological polar surface area (TPSA) is 92.5 Å². The highest BCUT2D eigenvalue weighted by atomic mass is 32.2. The summed E-state index contributed by atoms with van der Waals surface area (Å²) in [5, 5.41) is 2.83. The molecule has 3 rings (SSSR count). The molecule has 0 radical (unpaired) electrons. The number of benzene rings is 2. The second kappa shape index (κ2) is 8.65. The number of carbonyl (C=O) groups is 1. The van der Waals surface area contributed by atoms with E-state index in [2.05, 4.69) is 5.32 Å². The van der Waals surface area contributed by atoms with Crippen LogP contribution in [0.3, 0.4) is 0 Å². The number of hydrogen-bond acceptors (Lipinski definition) is 4. The van der Waals surface area contributed by atoms with Gasteiger partial charge in [0.1, 0.15) is 0 Å². The summed E-state index contributed by atoms with van der Waals surface area (Å²) in [5.74, 6) is -0.139. The smallest absolute Gasteiger partial charge is 0.243 e. The third kappa shape index (κ3) is 4.94. The van der Waals surface area contributed by atoms with Crippen molar-refractivity contribution in [3.05, 3.63) is 65.7 Å². The highest BCUT2D eigenvalue weighted by molar-refractivity contribution is 7.89. The van der Waals surface area contributed by atoms with Crippen molar-refractivity contribution < 1.29 is 13.2 Å². The van der Waals surface area contributed by atoms with E-state index in [0.29, 0.717) is 24.5 Å². The Morgan fingerprint density at radius 3 is 2.30 bits per heavy atom. The summed E-state index contributed by atoms with van der Waals surface area (Å²) in [7, 11) is -3.40. The van der Waals surface area contributed by atoms with E-state index in [0.717, 1.165) is 24.0 Å². The van der Waals surface area contributed by atoms with Crippen molar-refractivity contribution in [2.24, 2.45) is 5.73 Å². The predicted octanol–water partition coefficient (Wildman–Crippen LogP) is 2.18. The average molecular weight is 388 g/mol. The first kappa shape index (κ1) is 19.5. The van der Waals surface area contributed by atoms with Gasteiger partial charge in [0.25, 0.3) is 0 Å². The lowest BCUT2D eigenvalue weighted by molar-refractivity contribution is -0.121. The van der Waals surface area contributed by atoms with Crippen molar-refractivity contribution in [1.29, 1.82) is 0 Å². The second-order valence-electron chi connectivity index (χ2n) is 6.75. The molecule has 1 fully saturated rings. The van der Waals surface area contributed by atoms with Crippen LogP contribution in [-0.4, -0.2) is 31.7 Å². The fourth-order valence-electron chi connectivity index (χ4n) is 3.15. The molecule has 0 spiro atoms. The van der Waals surface area contributed by atoms with Crippen LogP contribution in [0.5, 0.6) is 0 Å². The van der Waals surface area contributed by atoms with Crippen LogP contribution in [0.1, 0.15) is 36.4 Å². The highest BCUT2D eigenvalue weighted by Gasteiger charge is 2.26. The van der Waals surface area contributed by atoms with Crippen LogP contribution in [-0.2, 0) is 21.4 Å². The molecule has 2 aromatic carbocycles. The number of nitrogens with zero attached hydrogens (tertiary/aromatic N) is 1. The number of carbonyl (C=O) groups excluding carboxylic acids is 1. The Bertz CT molecular complexity index is 861. The van der Waals surface area contributed by atoms with E-state index in [-0.39, 0.29) is 18.4 Å². The third-order valence-electron chi connectivity index (χ3n) is 4.75. The molecule has 2 aromatic rings. The molecule has 3 N–H and O–H groups in total. The van der Waals surface area contributed by atoms with E-state index < -0.39 is 10.0 Å². The molecule has 7 heteroatoms. The van der Waals surface area contributed by atoms with Crippen molar-refractivity contribution in [1.82, 2.24) is 9.62 Å². The first-order chi connectivity index (χ1) is 13.0. The van der Waals surface area contributed by atoms with E-state index in [1.807, 2.05) is 30.3 Å². The van der Waals surface area contributed by atoms with Gasteiger partial charge < -0.3 is 11.1 Å². The molecule has 0 aliphatic carbocycles. The molecule has 1 unspecified atom stereocenters. The first-order valence-electron chi connectivity index (χ1n) is 9.13. The quantitative estimate of drug-likeness (QED) is 0.762. The minimum absolute atomic E-state index is 0.139. The summed E-state index contributed by atoms with van der Waals surface area (Å²) < 4.78 is 26.5. The largest absolute Gasteiger partial charge is 0.352 e. The van der Waals surface area contributed by atoms with Crippen LogP contribution in [0.4, 0.5) is 0 Å². The normalized spacial score (nSPS) is 16.2. The van der Waals surface area contributed by atoms with Gasteiger partial charge in [0.05, 0.1) is 4.90 Å². The molecule has 0 saturated carbocycles. The number of amides is 1. The Kier molecular flexibility index (Phi) is 6.26. The van der Waals surface area contributed by atoms with Crippen LogP contribution < -0.4 is 11.1 Å². The molecule has 6 nitrogen and oxygen atoms in total. The van der Waals surface area contributed by atoms with Gasteiger partial charge in [-0.1, -0.05) is 42.5 Å². The molecular formula is C20H25N3O3S. The van der Waals surface area contributed by atoms with Crippen LogP contribution >= 0.6 is 0 Å². The summed E-state index contributed by atoms with van der Waals surface area (Å²) in [4.78, 5) is 12.4. The molecule has 1 amide bonds. The van der Waals surface area contributed by atoms with Gasteiger partial charge in [-0.05, 0) is 36.1 Å². The Morgan fingerprint density at radius 1 is 1.04 bits per heavy atom. The minimum atomic E-state index is -3.40. The van der Waals surface area contributed by atoms with Crippen molar-refractivity contribution in [2.75, 3.05) is 13.1 Å². The van der Waals surface area contributed by atoms with E-state index in [9.17, 15) is 13.2 Å². The van der Waals surface area contributed by atoms with E-state index in [1.165, 1.54) is 4.31 Å². The molecular weight excluding hydrogens is 362 g/mol. The lowest BCUT2D eigenvalue weighted by atomic mass is 10.0. The van der Waals surface area contributed by atoms with E-state index >= 15 is 0 Å². The standard InChI is InChI=1S/C20H25N3O3S/c21-19(17-6-2-1-3-7-17)14-20(24)22-15-16-8-10-18(11-9-16)27(25,26)23-12-4-5-13-23/h1-3,6-11,19H,4-5,12-15,21H2,(H,22,24).